The third kappa shape index (κ3) is 2.41. The van der Waals surface area contributed by atoms with E-state index in [1.165, 1.54) is 20.7 Å². The zero-order valence-corrected chi connectivity index (χ0v) is 12.9. The Labute approximate surface area is 123 Å². The Morgan fingerprint density at radius 2 is 1.63 bits per heavy atom. The molecule has 1 aliphatic rings. The Bertz CT molecular complexity index is 614. The minimum absolute atomic E-state index is 0.557. The average molecular weight is 288 g/mol. The van der Waals surface area contributed by atoms with E-state index in [-0.39, 0.29) is 0 Å². The molecule has 0 atom stereocenters. The van der Waals surface area contributed by atoms with Crippen molar-refractivity contribution >= 4 is 38.7 Å². The van der Waals surface area contributed by atoms with Gasteiger partial charge in [0.1, 0.15) is 13.1 Å². The smallest absolute Gasteiger partial charge is 0.219 e. The molecular formula is C16H18NS2+. The van der Waals surface area contributed by atoms with Gasteiger partial charge in [-0.15, -0.1) is 0 Å². The fourth-order valence-corrected chi connectivity index (χ4v) is 5.10. The number of hydrogen-bond acceptors (Lipinski definition) is 2. The van der Waals surface area contributed by atoms with E-state index in [0.29, 0.717) is 4.58 Å². The van der Waals surface area contributed by atoms with Crippen molar-refractivity contribution in [2.24, 2.45) is 0 Å². The molecule has 2 aromatic rings. The van der Waals surface area contributed by atoms with Gasteiger partial charge in [0.25, 0.3) is 4.38 Å². The van der Waals surface area contributed by atoms with Crippen LogP contribution in [0.15, 0.2) is 42.5 Å². The van der Waals surface area contributed by atoms with Gasteiger partial charge in [-0.3, -0.25) is 0 Å². The summed E-state index contributed by atoms with van der Waals surface area (Å²) in [7, 11) is 0. The molecule has 0 spiro atoms. The van der Waals surface area contributed by atoms with Crippen LogP contribution < -0.4 is 0 Å². The second kappa shape index (κ2) is 5.59. The number of nitrogens with zero attached hydrogens (tertiary/aromatic N) is 1. The van der Waals surface area contributed by atoms with Gasteiger partial charge in [0.15, 0.2) is 0 Å². The molecule has 0 N–H and O–H groups in total. The Morgan fingerprint density at radius 3 is 2.37 bits per heavy atom. The minimum Gasteiger partial charge on any atom is -0.219 e. The van der Waals surface area contributed by atoms with Crippen molar-refractivity contribution in [1.82, 2.24) is 0 Å². The van der Waals surface area contributed by atoms with E-state index in [1.54, 1.807) is 0 Å². The monoisotopic (exact) mass is 288 g/mol. The van der Waals surface area contributed by atoms with Gasteiger partial charge in [-0.25, -0.2) is 4.58 Å². The largest absolute Gasteiger partial charge is 0.272 e. The third-order valence-corrected chi connectivity index (χ3v) is 6.53. The summed E-state index contributed by atoms with van der Waals surface area (Å²) in [6, 6.07) is 15.3. The molecule has 0 saturated carbocycles. The lowest BCUT2D eigenvalue weighted by Gasteiger charge is -2.25. The molecule has 1 heterocycles. The van der Waals surface area contributed by atoms with Crippen molar-refractivity contribution in [2.75, 3.05) is 13.1 Å². The molecular weight excluding hydrogens is 270 g/mol. The lowest BCUT2D eigenvalue weighted by atomic mass is 10.1. The van der Waals surface area contributed by atoms with Crippen molar-refractivity contribution in [1.29, 1.82) is 0 Å². The van der Waals surface area contributed by atoms with Crippen LogP contribution in [0.5, 0.6) is 0 Å². The molecule has 2 aromatic carbocycles. The van der Waals surface area contributed by atoms with Crippen molar-refractivity contribution in [2.45, 2.75) is 18.4 Å². The lowest BCUT2D eigenvalue weighted by Crippen LogP contribution is -2.22. The molecule has 1 aliphatic heterocycles. The predicted molar refractivity (Wildman–Crippen MR) is 88.2 cm³/mol. The highest BCUT2D eigenvalue weighted by molar-refractivity contribution is 8.52. The maximum atomic E-state index is 2.44. The van der Waals surface area contributed by atoms with Gasteiger partial charge in [0.2, 0.25) is 0 Å². The topological polar surface area (TPSA) is 3.01 Å². The molecule has 0 aromatic heterocycles. The first-order chi connectivity index (χ1) is 9.33. The minimum atomic E-state index is 0.557. The van der Waals surface area contributed by atoms with E-state index in [0.717, 1.165) is 13.1 Å². The highest BCUT2D eigenvalue weighted by Gasteiger charge is 2.36. The Morgan fingerprint density at radius 1 is 0.947 bits per heavy atom. The summed E-state index contributed by atoms with van der Waals surface area (Å²) in [4.78, 5) is 0. The molecule has 1 saturated heterocycles. The standard InChI is InChI=1S/C16H18NS2/c1-3-17(4-2)16-18-15(19-16)14-11-7-9-12-8-5-6-10-13(12)14/h5-11,15H,3-4H2,1-2H3/q+1. The lowest BCUT2D eigenvalue weighted by molar-refractivity contribution is -0.515. The molecule has 1 fully saturated rings. The summed E-state index contributed by atoms with van der Waals surface area (Å²) in [6.07, 6.45) is 0. The maximum absolute atomic E-state index is 2.44. The van der Waals surface area contributed by atoms with Gasteiger partial charge >= 0.3 is 0 Å². The molecule has 0 radical (unpaired) electrons. The molecule has 0 amide bonds. The molecule has 0 aliphatic carbocycles. The van der Waals surface area contributed by atoms with E-state index in [4.69, 9.17) is 0 Å². The summed E-state index contributed by atoms with van der Waals surface area (Å²) in [5.74, 6) is 0. The first kappa shape index (κ1) is 13.1. The fraction of sp³-hybridized carbons (Fsp3) is 0.312. The van der Waals surface area contributed by atoms with Crippen LogP contribution in [-0.2, 0) is 0 Å². The number of benzene rings is 2. The SMILES string of the molecule is CC[N+](CC)=C1SC(c2cccc3ccccc23)S1. The fourth-order valence-electron chi connectivity index (χ4n) is 2.41. The van der Waals surface area contributed by atoms with E-state index >= 15 is 0 Å². The van der Waals surface area contributed by atoms with E-state index in [1.807, 2.05) is 23.5 Å². The molecule has 0 unspecified atom stereocenters. The van der Waals surface area contributed by atoms with Crippen LogP contribution in [-0.4, -0.2) is 22.0 Å². The molecule has 1 nitrogen and oxygen atoms in total. The van der Waals surface area contributed by atoms with Crippen molar-refractivity contribution in [3.63, 3.8) is 0 Å². The van der Waals surface area contributed by atoms with Gasteiger partial charge in [0, 0.05) is 0 Å². The number of hydrogen-bond donors (Lipinski definition) is 0. The summed E-state index contributed by atoms with van der Waals surface area (Å²) in [6.45, 7) is 6.66. The van der Waals surface area contributed by atoms with Gasteiger partial charge in [-0.2, -0.15) is 0 Å². The number of thioether (sulfide) groups is 2. The van der Waals surface area contributed by atoms with Crippen LogP contribution >= 0.6 is 23.5 Å². The molecule has 98 valence electrons. The van der Waals surface area contributed by atoms with Crippen LogP contribution in [0, 0.1) is 0 Å². The summed E-state index contributed by atoms with van der Waals surface area (Å²) < 4.78 is 4.47. The molecule has 19 heavy (non-hydrogen) atoms. The summed E-state index contributed by atoms with van der Waals surface area (Å²) in [5.41, 5.74) is 1.46. The third-order valence-electron chi connectivity index (χ3n) is 3.51. The van der Waals surface area contributed by atoms with Gasteiger partial charge < -0.3 is 0 Å². The van der Waals surface area contributed by atoms with Gasteiger partial charge in [0.05, 0.1) is 4.58 Å². The van der Waals surface area contributed by atoms with Crippen LogP contribution in [0.2, 0.25) is 0 Å². The zero-order chi connectivity index (χ0) is 13.2. The Kier molecular flexibility index (Phi) is 3.85. The zero-order valence-electron chi connectivity index (χ0n) is 11.3. The van der Waals surface area contributed by atoms with E-state index in [9.17, 15) is 0 Å². The van der Waals surface area contributed by atoms with E-state index < -0.39 is 0 Å². The highest BCUT2D eigenvalue weighted by atomic mass is 32.3. The van der Waals surface area contributed by atoms with Crippen LogP contribution in [0.1, 0.15) is 24.0 Å². The molecule has 0 bridgehead atoms. The van der Waals surface area contributed by atoms with Crippen LogP contribution in [0.3, 0.4) is 0 Å². The average Bonchev–Trinajstić information content (AvgIpc) is 2.42. The first-order valence-corrected chi connectivity index (χ1v) is 8.52. The van der Waals surface area contributed by atoms with Crippen molar-refractivity contribution in [3.8, 4) is 0 Å². The number of fused-ring (bicyclic) bond motifs is 1. The van der Waals surface area contributed by atoms with E-state index in [2.05, 4.69) is 60.9 Å². The predicted octanol–water partition coefficient (Wildman–Crippen LogP) is 4.73. The highest BCUT2D eigenvalue weighted by Crippen LogP contribution is 2.55. The second-order valence-electron chi connectivity index (χ2n) is 4.57. The maximum Gasteiger partial charge on any atom is 0.272 e. The first-order valence-electron chi connectivity index (χ1n) is 6.76. The normalized spacial score (nSPS) is 18.4. The van der Waals surface area contributed by atoms with Crippen LogP contribution in [0.25, 0.3) is 10.8 Å². The summed E-state index contributed by atoms with van der Waals surface area (Å²) in [5, 5.41) is 2.74. The molecule has 3 heteroatoms. The van der Waals surface area contributed by atoms with Crippen LogP contribution in [0.4, 0.5) is 0 Å². The van der Waals surface area contributed by atoms with Crippen molar-refractivity contribution in [3.05, 3.63) is 48.0 Å². The summed E-state index contributed by atoms with van der Waals surface area (Å²) >= 11 is 4.01. The Balaban J connectivity index is 1.90. The van der Waals surface area contributed by atoms with Crippen molar-refractivity contribution < 1.29 is 4.58 Å². The molecule has 3 rings (SSSR count). The quantitative estimate of drug-likeness (QED) is 0.751. The Hall–Kier alpha value is -0.930. The van der Waals surface area contributed by atoms with Gasteiger partial charge in [-0.05, 0) is 53.7 Å². The second-order valence-corrected chi connectivity index (χ2v) is 7.32. The number of rotatable bonds is 3. The van der Waals surface area contributed by atoms with Gasteiger partial charge in [-0.1, -0.05) is 42.5 Å².